The minimum absolute atomic E-state index is 0.577. The van der Waals surface area contributed by atoms with Gasteiger partial charge in [0.1, 0.15) is 6.54 Å². The zero-order valence-corrected chi connectivity index (χ0v) is 20.9. The van der Waals surface area contributed by atoms with Crippen LogP contribution in [0.1, 0.15) is 135 Å². The smallest absolute Gasteiger partial charge is 0.318 e. The van der Waals surface area contributed by atoms with Crippen molar-refractivity contribution in [2.75, 3.05) is 6.54 Å². The van der Waals surface area contributed by atoms with E-state index < -0.39 is 22.5 Å². The van der Waals surface area contributed by atoms with Gasteiger partial charge in [0.2, 0.25) is 10.0 Å². The highest BCUT2D eigenvalue weighted by atomic mass is 32.2. The fourth-order valence-electron chi connectivity index (χ4n) is 3.75. The lowest BCUT2D eigenvalue weighted by molar-refractivity contribution is -0.135. The summed E-state index contributed by atoms with van der Waals surface area (Å²) >= 11 is 0. The van der Waals surface area contributed by atoms with Gasteiger partial charge in [-0.1, -0.05) is 129 Å². The topological polar surface area (TPSA) is 83.5 Å². The molecule has 0 unspecified atom stereocenters. The summed E-state index contributed by atoms with van der Waals surface area (Å²) in [5.74, 6) is -1.18. The van der Waals surface area contributed by atoms with Crippen LogP contribution in [0.5, 0.6) is 0 Å². The molecule has 31 heavy (non-hydrogen) atoms. The van der Waals surface area contributed by atoms with Crippen molar-refractivity contribution in [1.82, 2.24) is 4.72 Å². The Labute approximate surface area is 192 Å². The van der Waals surface area contributed by atoms with E-state index >= 15 is 0 Å². The van der Waals surface area contributed by atoms with Crippen molar-refractivity contribution in [1.29, 1.82) is 0 Å². The molecule has 184 valence electrons. The molecular weight excluding hydrogens is 410 g/mol. The molecule has 0 aromatic rings. The van der Waals surface area contributed by atoms with E-state index in [0.717, 1.165) is 18.2 Å². The Morgan fingerprint density at radius 2 is 1.03 bits per heavy atom. The Morgan fingerprint density at radius 3 is 1.39 bits per heavy atom. The number of unbranched alkanes of at least 4 members (excludes halogenated alkanes) is 19. The van der Waals surface area contributed by atoms with Gasteiger partial charge < -0.3 is 5.11 Å². The number of aliphatic carboxylic acids is 1. The number of allylic oxidation sites excluding steroid dienone is 1. The summed E-state index contributed by atoms with van der Waals surface area (Å²) in [5, 5.41) is 9.55. The second-order valence-electron chi connectivity index (χ2n) is 8.78. The Balaban J connectivity index is 3.25. The molecule has 0 spiro atoms. The average Bonchev–Trinajstić information content (AvgIpc) is 2.73. The van der Waals surface area contributed by atoms with E-state index in [-0.39, 0.29) is 0 Å². The summed E-state index contributed by atoms with van der Waals surface area (Å²) in [4.78, 5) is 10.4. The largest absolute Gasteiger partial charge is 0.480 e. The zero-order valence-electron chi connectivity index (χ0n) is 20.1. The predicted molar refractivity (Wildman–Crippen MR) is 132 cm³/mol. The highest BCUT2D eigenvalue weighted by Gasteiger charge is 2.06. The number of carboxylic acid groups (broad SMARTS) is 1. The van der Waals surface area contributed by atoms with Gasteiger partial charge in [-0.2, -0.15) is 0 Å². The maximum absolute atomic E-state index is 11.5. The molecule has 0 bridgehead atoms. The fraction of sp³-hybridized carbons (Fsp3) is 0.880. The van der Waals surface area contributed by atoms with Crippen LogP contribution in [0.15, 0.2) is 11.5 Å². The highest BCUT2D eigenvalue weighted by molar-refractivity contribution is 7.92. The van der Waals surface area contributed by atoms with Crippen molar-refractivity contribution in [3.05, 3.63) is 11.5 Å². The summed E-state index contributed by atoms with van der Waals surface area (Å²) in [6.45, 7) is 1.70. The second-order valence-corrected chi connectivity index (χ2v) is 10.4. The van der Waals surface area contributed by atoms with Gasteiger partial charge in [-0.05, 0) is 12.8 Å². The quantitative estimate of drug-likeness (QED) is 0.148. The lowest BCUT2D eigenvalue weighted by Crippen LogP contribution is -2.27. The molecule has 0 aliphatic heterocycles. The molecule has 0 saturated carbocycles. The van der Waals surface area contributed by atoms with E-state index in [2.05, 4.69) is 6.92 Å². The van der Waals surface area contributed by atoms with Crippen LogP contribution >= 0.6 is 0 Å². The molecule has 6 heteroatoms. The van der Waals surface area contributed by atoms with E-state index in [1.165, 1.54) is 109 Å². The van der Waals surface area contributed by atoms with Gasteiger partial charge in [0.15, 0.2) is 0 Å². The Bertz CT molecular complexity index is 532. The number of hydrogen-bond acceptors (Lipinski definition) is 3. The second kappa shape index (κ2) is 22.3. The molecule has 0 aromatic heterocycles. The number of nitrogens with one attached hydrogen (secondary N) is 1. The van der Waals surface area contributed by atoms with E-state index in [9.17, 15) is 13.2 Å². The van der Waals surface area contributed by atoms with Crippen molar-refractivity contribution < 1.29 is 18.3 Å². The van der Waals surface area contributed by atoms with Crippen molar-refractivity contribution in [3.63, 3.8) is 0 Å². The van der Waals surface area contributed by atoms with E-state index in [1.54, 1.807) is 6.08 Å². The molecule has 0 heterocycles. The maximum atomic E-state index is 11.5. The normalized spacial score (nSPS) is 12.0. The molecule has 0 radical (unpaired) electrons. The third-order valence-electron chi connectivity index (χ3n) is 5.67. The molecule has 0 amide bonds. The van der Waals surface area contributed by atoms with Crippen LogP contribution in [0.2, 0.25) is 0 Å². The number of carbonyl (C=O) groups is 1. The Morgan fingerprint density at radius 1 is 0.677 bits per heavy atom. The van der Waals surface area contributed by atoms with Crippen molar-refractivity contribution >= 4 is 16.0 Å². The van der Waals surface area contributed by atoms with Gasteiger partial charge >= 0.3 is 5.97 Å². The molecular formula is C25H49NO4S. The van der Waals surface area contributed by atoms with Gasteiger partial charge in [-0.15, -0.1) is 0 Å². The summed E-state index contributed by atoms with van der Waals surface area (Å²) in [6, 6.07) is 0. The number of hydrogen-bond donors (Lipinski definition) is 2. The summed E-state index contributed by atoms with van der Waals surface area (Å²) in [6.07, 6.45) is 27.8. The van der Waals surface area contributed by atoms with Gasteiger partial charge in [0, 0.05) is 5.41 Å². The molecule has 0 aliphatic carbocycles. The van der Waals surface area contributed by atoms with Crippen LogP contribution in [0.3, 0.4) is 0 Å². The Kier molecular flexibility index (Phi) is 21.7. The van der Waals surface area contributed by atoms with Gasteiger partial charge in [0.25, 0.3) is 0 Å². The van der Waals surface area contributed by atoms with E-state index in [1.807, 2.05) is 4.72 Å². The van der Waals surface area contributed by atoms with Crippen LogP contribution in [0.25, 0.3) is 0 Å². The van der Waals surface area contributed by atoms with E-state index in [4.69, 9.17) is 5.11 Å². The third kappa shape index (κ3) is 25.3. The summed E-state index contributed by atoms with van der Waals surface area (Å²) < 4.78 is 25.0. The predicted octanol–water partition coefficient (Wildman–Crippen LogP) is 7.33. The first kappa shape index (κ1) is 30.1. The molecule has 0 aromatic carbocycles. The van der Waals surface area contributed by atoms with Crippen LogP contribution in [-0.2, 0) is 14.8 Å². The molecule has 0 rings (SSSR count). The van der Waals surface area contributed by atoms with Crippen LogP contribution in [0.4, 0.5) is 0 Å². The zero-order chi connectivity index (χ0) is 23.0. The minimum Gasteiger partial charge on any atom is -0.480 e. The number of sulfonamides is 1. The van der Waals surface area contributed by atoms with Crippen molar-refractivity contribution in [2.45, 2.75) is 135 Å². The number of rotatable bonds is 24. The standard InChI is InChI=1S/C25H49NO4S/c1-2-3-4-5-6-7-8-9-10-11-12-13-14-15-16-17-18-19-20-21-22-23-31(29,30)26-24-25(27)28/h22-23,26H,2-21,24H2,1H3,(H,27,28)/b23-22+. The first-order valence-electron chi connectivity index (χ1n) is 12.9. The molecule has 2 N–H and O–H groups in total. The molecule has 0 atom stereocenters. The lowest BCUT2D eigenvalue weighted by atomic mass is 10.0. The third-order valence-corrected chi connectivity index (χ3v) is 6.77. The number of carboxylic acids is 1. The maximum Gasteiger partial charge on any atom is 0.318 e. The van der Waals surface area contributed by atoms with Gasteiger partial charge in [-0.3, -0.25) is 4.79 Å². The van der Waals surface area contributed by atoms with Gasteiger partial charge in [-0.25, -0.2) is 13.1 Å². The van der Waals surface area contributed by atoms with E-state index in [0.29, 0.717) is 6.42 Å². The first-order chi connectivity index (χ1) is 15.0. The lowest BCUT2D eigenvalue weighted by Gasteiger charge is -2.04. The Hall–Kier alpha value is -0.880. The summed E-state index contributed by atoms with van der Waals surface area (Å²) in [7, 11) is -3.61. The summed E-state index contributed by atoms with van der Waals surface area (Å²) in [5.41, 5.74) is 0. The van der Waals surface area contributed by atoms with Crippen LogP contribution < -0.4 is 4.72 Å². The molecule has 0 fully saturated rings. The molecule has 0 aliphatic rings. The van der Waals surface area contributed by atoms with Crippen LogP contribution in [0, 0.1) is 0 Å². The first-order valence-corrected chi connectivity index (χ1v) is 14.4. The molecule has 0 saturated heterocycles. The minimum atomic E-state index is -3.61. The monoisotopic (exact) mass is 459 g/mol. The average molecular weight is 460 g/mol. The van der Waals surface area contributed by atoms with Crippen LogP contribution in [-0.4, -0.2) is 26.0 Å². The SMILES string of the molecule is CCCCCCCCCCCCCCCCCCCCC/C=C/S(=O)(=O)NCC(=O)O. The highest BCUT2D eigenvalue weighted by Crippen LogP contribution is 2.14. The van der Waals surface area contributed by atoms with Crippen molar-refractivity contribution in [2.24, 2.45) is 0 Å². The fourth-order valence-corrected chi connectivity index (χ4v) is 4.56. The van der Waals surface area contributed by atoms with Crippen molar-refractivity contribution in [3.8, 4) is 0 Å². The van der Waals surface area contributed by atoms with Gasteiger partial charge in [0.05, 0.1) is 0 Å². The molecule has 5 nitrogen and oxygen atoms in total.